The zero-order chi connectivity index (χ0) is 37.7. The molecule has 0 aliphatic carbocycles. The van der Waals surface area contributed by atoms with Crippen molar-refractivity contribution in [3.05, 3.63) is 212 Å². The summed E-state index contributed by atoms with van der Waals surface area (Å²) in [6.07, 6.45) is 0. The van der Waals surface area contributed by atoms with Crippen molar-refractivity contribution >= 4 is 60.9 Å². The fourth-order valence-electron chi connectivity index (χ4n) is 8.24. The highest BCUT2D eigenvalue weighted by molar-refractivity contribution is 6.11. The molecule has 11 rings (SSSR count). The Morgan fingerprint density at radius 3 is 1.46 bits per heavy atom. The van der Waals surface area contributed by atoms with Crippen LogP contribution >= 0.6 is 0 Å². The highest BCUT2D eigenvalue weighted by Gasteiger charge is 2.17. The van der Waals surface area contributed by atoms with Crippen molar-refractivity contribution in [2.45, 2.75) is 0 Å². The van der Waals surface area contributed by atoms with E-state index in [-0.39, 0.29) is 0 Å². The molecule has 2 heterocycles. The molecule has 3 heteroatoms. The van der Waals surface area contributed by atoms with E-state index in [2.05, 4.69) is 199 Å². The van der Waals surface area contributed by atoms with Gasteiger partial charge in [0, 0.05) is 44.2 Å². The van der Waals surface area contributed by atoms with Crippen molar-refractivity contribution < 1.29 is 8.83 Å². The van der Waals surface area contributed by atoms with Crippen LogP contribution in [-0.2, 0) is 0 Å². The molecule has 0 saturated carbocycles. The smallest absolute Gasteiger partial charge is 0.143 e. The number of furan rings is 2. The maximum Gasteiger partial charge on any atom is 0.143 e. The van der Waals surface area contributed by atoms with Gasteiger partial charge in [0.1, 0.15) is 22.3 Å². The summed E-state index contributed by atoms with van der Waals surface area (Å²) in [5.41, 5.74) is 16.1. The average molecular weight is 730 g/mol. The third-order valence-electron chi connectivity index (χ3n) is 11.1. The molecule has 57 heavy (non-hydrogen) atoms. The van der Waals surface area contributed by atoms with Gasteiger partial charge in [0.2, 0.25) is 0 Å². The van der Waals surface area contributed by atoms with Gasteiger partial charge in [-0.15, -0.1) is 0 Å². The normalized spacial score (nSPS) is 11.5. The number of rotatable bonds is 7. The van der Waals surface area contributed by atoms with E-state index in [4.69, 9.17) is 8.83 Å². The molecule has 0 bridgehead atoms. The summed E-state index contributed by atoms with van der Waals surface area (Å²) < 4.78 is 12.7. The summed E-state index contributed by atoms with van der Waals surface area (Å²) in [7, 11) is 0. The minimum Gasteiger partial charge on any atom is -0.456 e. The Hall–Kier alpha value is -7.62. The molecule has 0 aliphatic rings. The van der Waals surface area contributed by atoms with E-state index < -0.39 is 0 Å². The van der Waals surface area contributed by atoms with Crippen LogP contribution in [0.2, 0.25) is 0 Å². The highest BCUT2D eigenvalue weighted by atomic mass is 16.3. The van der Waals surface area contributed by atoms with Crippen LogP contribution in [0.4, 0.5) is 17.1 Å². The maximum atomic E-state index is 6.48. The molecule has 0 radical (unpaired) electrons. The van der Waals surface area contributed by atoms with E-state index in [0.717, 1.165) is 83.2 Å². The first kappa shape index (κ1) is 32.8. The quantitative estimate of drug-likeness (QED) is 0.164. The van der Waals surface area contributed by atoms with Gasteiger partial charge in [0.05, 0.1) is 0 Å². The van der Waals surface area contributed by atoms with Crippen LogP contribution in [-0.4, -0.2) is 0 Å². The fourth-order valence-corrected chi connectivity index (χ4v) is 8.24. The Bertz CT molecular complexity index is 3210. The second-order valence-electron chi connectivity index (χ2n) is 14.5. The number of fused-ring (bicyclic) bond motifs is 6. The SMILES string of the molecule is c1ccc(-c2cccc(-c3ccc(N(c4ccc(-c5ccc6oc7c(-c8ccccc8)cccc7c6c5)cc4)c4ccc5oc6ccccc6c5c4)cc3)c2)cc1. The first-order valence-electron chi connectivity index (χ1n) is 19.3. The predicted molar refractivity (Wildman–Crippen MR) is 237 cm³/mol. The van der Waals surface area contributed by atoms with Gasteiger partial charge in [-0.2, -0.15) is 0 Å². The second kappa shape index (κ2) is 13.6. The summed E-state index contributed by atoms with van der Waals surface area (Å²) in [5.74, 6) is 0. The summed E-state index contributed by atoms with van der Waals surface area (Å²) in [6, 6.07) is 75.2. The van der Waals surface area contributed by atoms with Gasteiger partial charge in [0.25, 0.3) is 0 Å². The molecule has 2 aromatic heterocycles. The summed E-state index contributed by atoms with van der Waals surface area (Å²) in [6.45, 7) is 0. The van der Waals surface area contributed by atoms with E-state index in [9.17, 15) is 0 Å². The number of anilines is 3. The summed E-state index contributed by atoms with van der Waals surface area (Å²) in [5, 5.41) is 4.43. The standard InChI is InChI=1S/C54H35NO2/c1-3-11-36(12-4-1)40-15-9-16-41(33-40)37-21-26-43(27-22-37)55(45-30-32-52-50(35-45)47-17-7-8-20-51(47)56-52)44-28-23-38(24-29-44)42-25-31-53-49(34-42)48-19-10-18-46(54(48)57-53)39-13-5-2-6-14-39/h1-35H. The zero-order valence-corrected chi connectivity index (χ0v) is 31.0. The molecule has 9 aromatic carbocycles. The molecular weight excluding hydrogens is 695 g/mol. The van der Waals surface area contributed by atoms with E-state index in [1.54, 1.807) is 0 Å². The summed E-state index contributed by atoms with van der Waals surface area (Å²) in [4.78, 5) is 2.33. The first-order valence-corrected chi connectivity index (χ1v) is 19.3. The van der Waals surface area contributed by atoms with Gasteiger partial charge in [-0.25, -0.2) is 0 Å². The number of hydrogen-bond donors (Lipinski definition) is 0. The van der Waals surface area contributed by atoms with Crippen LogP contribution in [0.1, 0.15) is 0 Å². The second-order valence-corrected chi connectivity index (χ2v) is 14.5. The molecular formula is C54H35NO2. The Kier molecular flexibility index (Phi) is 7.82. The topological polar surface area (TPSA) is 29.5 Å². The van der Waals surface area contributed by atoms with Crippen molar-refractivity contribution in [2.24, 2.45) is 0 Å². The Labute approximate surface area is 330 Å². The average Bonchev–Trinajstić information content (AvgIpc) is 3.86. The van der Waals surface area contributed by atoms with Gasteiger partial charge in [-0.3, -0.25) is 0 Å². The van der Waals surface area contributed by atoms with Crippen LogP contribution in [0.25, 0.3) is 88.4 Å². The molecule has 11 aromatic rings. The van der Waals surface area contributed by atoms with Crippen molar-refractivity contribution in [2.75, 3.05) is 4.90 Å². The van der Waals surface area contributed by atoms with Gasteiger partial charge in [-0.1, -0.05) is 146 Å². The largest absolute Gasteiger partial charge is 0.456 e. The molecule has 0 aliphatic heterocycles. The lowest BCUT2D eigenvalue weighted by molar-refractivity contribution is 0.669. The number of para-hydroxylation sites is 2. The third-order valence-corrected chi connectivity index (χ3v) is 11.1. The highest BCUT2D eigenvalue weighted by Crippen LogP contribution is 2.41. The molecule has 0 amide bonds. The van der Waals surface area contributed by atoms with Gasteiger partial charge >= 0.3 is 0 Å². The third kappa shape index (κ3) is 5.85. The maximum absolute atomic E-state index is 6.48. The monoisotopic (exact) mass is 729 g/mol. The van der Waals surface area contributed by atoms with Crippen LogP contribution in [0.3, 0.4) is 0 Å². The van der Waals surface area contributed by atoms with Crippen molar-refractivity contribution in [1.29, 1.82) is 0 Å². The van der Waals surface area contributed by atoms with Crippen molar-refractivity contribution in [1.82, 2.24) is 0 Å². The Balaban J connectivity index is 0.981. The van der Waals surface area contributed by atoms with Crippen LogP contribution in [0.15, 0.2) is 221 Å². The van der Waals surface area contributed by atoms with Crippen molar-refractivity contribution in [3.8, 4) is 44.5 Å². The minimum atomic E-state index is 0.877. The lowest BCUT2D eigenvalue weighted by Crippen LogP contribution is -2.09. The molecule has 0 spiro atoms. The van der Waals surface area contributed by atoms with Gasteiger partial charge in [-0.05, 0) is 106 Å². The molecule has 0 N–H and O–H groups in total. The van der Waals surface area contributed by atoms with Gasteiger partial charge in [0.15, 0.2) is 0 Å². The lowest BCUT2D eigenvalue weighted by Gasteiger charge is -2.26. The Morgan fingerprint density at radius 2 is 0.737 bits per heavy atom. The molecule has 0 saturated heterocycles. The minimum absolute atomic E-state index is 0.877. The predicted octanol–water partition coefficient (Wildman–Crippen LogP) is 15.6. The number of benzene rings is 9. The number of nitrogens with zero attached hydrogens (tertiary/aromatic N) is 1. The summed E-state index contributed by atoms with van der Waals surface area (Å²) >= 11 is 0. The Morgan fingerprint density at radius 1 is 0.263 bits per heavy atom. The molecule has 0 unspecified atom stereocenters. The zero-order valence-electron chi connectivity index (χ0n) is 31.0. The molecule has 3 nitrogen and oxygen atoms in total. The van der Waals surface area contributed by atoms with E-state index in [0.29, 0.717) is 0 Å². The lowest BCUT2D eigenvalue weighted by atomic mass is 9.98. The van der Waals surface area contributed by atoms with E-state index >= 15 is 0 Å². The van der Waals surface area contributed by atoms with Crippen LogP contribution < -0.4 is 4.90 Å². The van der Waals surface area contributed by atoms with Crippen LogP contribution in [0.5, 0.6) is 0 Å². The fraction of sp³-hybridized carbons (Fsp3) is 0. The van der Waals surface area contributed by atoms with Crippen molar-refractivity contribution in [3.63, 3.8) is 0 Å². The van der Waals surface area contributed by atoms with Gasteiger partial charge < -0.3 is 13.7 Å². The van der Waals surface area contributed by atoms with Crippen LogP contribution in [0, 0.1) is 0 Å². The molecule has 0 fully saturated rings. The van der Waals surface area contributed by atoms with E-state index in [1.165, 1.54) is 22.3 Å². The molecule has 268 valence electrons. The number of hydrogen-bond acceptors (Lipinski definition) is 3. The molecule has 0 atom stereocenters. The van der Waals surface area contributed by atoms with E-state index in [1.807, 2.05) is 18.2 Å². The first-order chi connectivity index (χ1) is 28.2.